The van der Waals surface area contributed by atoms with Gasteiger partial charge >= 0.3 is 0 Å². The van der Waals surface area contributed by atoms with E-state index in [1.54, 1.807) is 6.33 Å². The predicted octanol–water partition coefficient (Wildman–Crippen LogP) is 2.40. The summed E-state index contributed by atoms with van der Waals surface area (Å²) in [4.78, 5) is 12.9. The number of aryl methyl sites for hydroxylation is 1. The van der Waals surface area contributed by atoms with Crippen LogP contribution in [0.15, 0.2) is 24.7 Å². The topological polar surface area (TPSA) is 62.7 Å². The Morgan fingerprint density at radius 2 is 1.95 bits per heavy atom. The van der Waals surface area contributed by atoms with Crippen molar-refractivity contribution in [1.82, 2.24) is 15.0 Å². The molecule has 0 amide bonds. The molecule has 0 radical (unpaired) electrons. The van der Waals surface area contributed by atoms with Crippen molar-refractivity contribution in [2.45, 2.75) is 26.8 Å². The van der Waals surface area contributed by atoms with Crippen molar-refractivity contribution < 1.29 is 0 Å². The molecule has 0 aliphatic rings. The summed E-state index contributed by atoms with van der Waals surface area (Å²) < 4.78 is 0. The zero-order chi connectivity index (χ0) is 13.7. The predicted molar refractivity (Wildman–Crippen MR) is 77.3 cm³/mol. The number of anilines is 2. The second kappa shape index (κ2) is 6.13. The highest BCUT2D eigenvalue weighted by atomic mass is 15.1. The molecule has 0 unspecified atom stereocenters. The number of nitrogens with zero attached hydrogens (tertiary/aromatic N) is 3. The SMILES string of the molecule is CCc1c(NC)ncnc1NCc1ncccc1C. The van der Waals surface area contributed by atoms with Gasteiger partial charge in [-0.2, -0.15) is 0 Å². The van der Waals surface area contributed by atoms with Crippen molar-refractivity contribution in [3.05, 3.63) is 41.5 Å². The molecule has 0 bridgehead atoms. The van der Waals surface area contributed by atoms with Crippen molar-refractivity contribution in [2.75, 3.05) is 17.7 Å². The van der Waals surface area contributed by atoms with E-state index in [0.717, 1.165) is 29.3 Å². The first-order valence-corrected chi connectivity index (χ1v) is 6.42. The highest BCUT2D eigenvalue weighted by Crippen LogP contribution is 2.20. The maximum absolute atomic E-state index is 4.37. The Bertz CT molecular complexity index is 553. The summed E-state index contributed by atoms with van der Waals surface area (Å²) in [5.41, 5.74) is 3.31. The molecule has 19 heavy (non-hydrogen) atoms. The molecule has 5 nitrogen and oxygen atoms in total. The summed E-state index contributed by atoms with van der Waals surface area (Å²) in [5.74, 6) is 1.74. The van der Waals surface area contributed by atoms with E-state index in [1.165, 1.54) is 5.56 Å². The summed E-state index contributed by atoms with van der Waals surface area (Å²) in [6.07, 6.45) is 4.25. The van der Waals surface area contributed by atoms with E-state index < -0.39 is 0 Å². The van der Waals surface area contributed by atoms with E-state index in [0.29, 0.717) is 6.54 Å². The van der Waals surface area contributed by atoms with Crippen molar-refractivity contribution in [2.24, 2.45) is 0 Å². The number of nitrogens with one attached hydrogen (secondary N) is 2. The van der Waals surface area contributed by atoms with Crippen LogP contribution in [0.25, 0.3) is 0 Å². The maximum atomic E-state index is 4.37. The van der Waals surface area contributed by atoms with E-state index in [2.05, 4.69) is 45.5 Å². The van der Waals surface area contributed by atoms with Gasteiger partial charge in [0.2, 0.25) is 0 Å². The molecule has 2 aromatic heterocycles. The molecule has 0 aromatic carbocycles. The first kappa shape index (κ1) is 13.3. The molecule has 0 aliphatic heterocycles. The summed E-state index contributed by atoms with van der Waals surface area (Å²) in [5, 5.41) is 6.43. The smallest absolute Gasteiger partial charge is 0.135 e. The lowest BCUT2D eigenvalue weighted by atomic mass is 10.2. The van der Waals surface area contributed by atoms with Gasteiger partial charge in [-0.25, -0.2) is 9.97 Å². The molecule has 5 heteroatoms. The van der Waals surface area contributed by atoms with Crippen molar-refractivity contribution in [1.29, 1.82) is 0 Å². The fraction of sp³-hybridized carbons (Fsp3) is 0.357. The van der Waals surface area contributed by atoms with Gasteiger partial charge < -0.3 is 10.6 Å². The van der Waals surface area contributed by atoms with Gasteiger partial charge in [0.1, 0.15) is 18.0 Å². The van der Waals surface area contributed by atoms with Crippen LogP contribution in [0.5, 0.6) is 0 Å². The fourth-order valence-electron chi connectivity index (χ4n) is 1.99. The van der Waals surface area contributed by atoms with E-state index >= 15 is 0 Å². The van der Waals surface area contributed by atoms with Gasteiger partial charge in [-0.05, 0) is 25.0 Å². The molecule has 100 valence electrons. The average molecular weight is 257 g/mol. The molecule has 2 rings (SSSR count). The molecule has 2 heterocycles. The Labute approximate surface area is 113 Å². The summed E-state index contributed by atoms with van der Waals surface area (Å²) in [6, 6.07) is 4.00. The van der Waals surface area contributed by atoms with Gasteiger partial charge in [0, 0.05) is 18.8 Å². The Hall–Kier alpha value is -2.17. The van der Waals surface area contributed by atoms with Gasteiger partial charge in [0.25, 0.3) is 0 Å². The Balaban J connectivity index is 2.18. The first-order valence-electron chi connectivity index (χ1n) is 6.42. The van der Waals surface area contributed by atoms with Crippen molar-refractivity contribution in [3.63, 3.8) is 0 Å². The maximum Gasteiger partial charge on any atom is 0.135 e. The van der Waals surface area contributed by atoms with Crippen molar-refractivity contribution >= 4 is 11.6 Å². The molecule has 0 spiro atoms. The Morgan fingerprint density at radius 1 is 1.16 bits per heavy atom. The van der Waals surface area contributed by atoms with Gasteiger partial charge in [0.05, 0.1) is 12.2 Å². The largest absolute Gasteiger partial charge is 0.373 e. The highest BCUT2D eigenvalue weighted by molar-refractivity contribution is 5.57. The quantitative estimate of drug-likeness (QED) is 0.861. The number of hydrogen-bond acceptors (Lipinski definition) is 5. The van der Waals surface area contributed by atoms with Gasteiger partial charge in [-0.1, -0.05) is 13.0 Å². The highest BCUT2D eigenvalue weighted by Gasteiger charge is 2.08. The minimum absolute atomic E-state index is 0.667. The summed E-state index contributed by atoms with van der Waals surface area (Å²) in [7, 11) is 1.87. The van der Waals surface area contributed by atoms with E-state index in [4.69, 9.17) is 0 Å². The van der Waals surface area contributed by atoms with Crippen LogP contribution in [0.3, 0.4) is 0 Å². The summed E-state index contributed by atoms with van der Waals surface area (Å²) in [6.45, 7) is 4.82. The van der Waals surface area contributed by atoms with Crippen LogP contribution >= 0.6 is 0 Å². The summed E-state index contributed by atoms with van der Waals surface area (Å²) >= 11 is 0. The van der Waals surface area contributed by atoms with E-state index in [1.807, 2.05) is 19.3 Å². The zero-order valence-electron chi connectivity index (χ0n) is 11.6. The molecular weight excluding hydrogens is 238 g/mol. The molecule has 2 aromatic rings. The molecule has 0 fully saturated rings. The van der Waals surface area contributed by atoms with Crippen LogP contribution in [0.2, 0.25) is 0 Å². The van der Waals surface area contributed by atoms with Crippen LogP contribution in [-0.4, -0.2) is 22.0 Å². The lowest BCUT2D eigenvalue weighted by Gasteiger charge is -2.13. The van der Waals surface area contributed by atoms with Crippen LogP contribution < -0.4 is 10.6 Å². The normalized spacial score (nSPS) is 10.3. The Morgan fingerprint density at radius 3 is 2.63 bits per heavy atom. The van der Waals surface area contributed by atoms with Crippen LogP contribution in [0.4, 0.5) is 11.6 Å². The fourth-order valence-corrected chi connectivity index (χ4v) is 1.99. The van der Waals surface area contributed by atoms with Crippen LogP contribution in [0.1, 0.15) is 23.7 Å². The molecule has 0 aliphatic carbocycles. The average Bonchev–Trinajstić information content (AvgIpc) is 2.45. The molecule has 0 saturated heterocycles. The second-order valence-electron chi connectivity index (χ2n) is 4.27. The molecule has 0 atom stereocenters. The molecule has 2 N–H and O–H groups in total. The standard InChI is InChI=1S/C14H19N5/c1-4-11-13(15-3)18-9-19-14(11)17-8-12-10(2)6-5-7-16-12/h5-7,9H,4,8H2,1-3H3,(H2,15,17,18,19). The monoisotopic (exact) mass is 257 g/mol. The second-order valence-corrected chi connectivity index (χ2v) is 4.27. The minimum Gasteiger partial charge on any atom is -0.373 e. The number of rotatable bonds is 5. The number of pyridine rings is 1. The van der Waals surface area contributed by atoms with Gasteiger partial charge in [-0.3, -0.25) is 4.98 Å². The number of hydrogen-bond donors (Lipinski definition) is 2. The first-order chi connectivity index (χ1) is 9.26. The van der Waals surface area contributed by atoms with Crippen LogP contribution in [0, 0.1) is 6.92 Å². The van der Waals surface area contributed by atoms with Crippen molar-refractivity contribution in [3.8, 4) is 0 Å². The van der Waals surface area contributed by atoms with Gasteiger partial charge in [-0.15, -0.1) is 0 Å². The Kier molecular flexibility index (Phi) is 4.28. The zero-order valence-corrected chi connectivity index (χ0v) is 11.6. The lowest BCUT2D eigenvalue weighted by molar-refractivity contribution is 0.974. The van der Waals surface area contributed by atoms with Crippen LogP contribution in [-0.2, 0) is 13.0 Å². The third kappa shape index (κ3) is 2.99. The lowest BCUT2D eigenvalue weighted by Crippen LogP contribution is -2.09. The molecule has 0 saturated carbocycles. The molecular formula is C14H19N5. The van der Waals surface area contributed by atoms with Gasteiger partial charge in [0.15, 0.2) is 0 Å². The minimum atomic E-state index is 0.667. The third-order valence-corrected chi connectivity index (χ3v) is 3.08. The number of aromatic nitrogens is 3. The van der Waals surface area contributed by atoms with E-state index in [9.17, 15) is 0 Å². The van der Waals surface area contributed by atoms with E-state index in [-0.39, 0.29) is 0 Å². The third-order valence-electron chi connectivity index (χ3n) is 3.08.